The number of hydrogen-bond donors (Lipinski definition) is 0. The van der Waals surface area contributed by atoms with Gasteiger partial charge >= 0.3 is 5.97 Å². The van der Waals surface area contributed by atoms with Crippen LogP contribution in [0.4, 0.5) is 0 Å². The van der Waals surface area contributed by atoms with Gasteiger partial charge in [0.15, 0.2) is 0 Å². The zero-order valence-electron chi connectivity index (χ0n) is 15.9. The van der Waals surface area contributed by atoms with Crippen molar-refractivity contribution in [2.45, 2.75) is 39.8 Å². The van der Waals surface area contributed by atoms with E-state index in [0.717, 1.165) is 11.1 Å². The molecular weight excluding hydrogens is 326 g/mol. The second kappa shape index (κ2) is 8.65. The molecule has 1 atom stereocenters. The predicted molar refractivity (Wildman–Crippen MR) is 102 cm³/mol. The molecule has 0 fully saturated rings. The maximum absolute atomic E-state index is 13.1. The maximum Gasteiger partial charge on any atom is 0.328 e. The summed E-state index contributed by atoms with van der Waals surface area (Å²) < 4.78 is 5.03. The average Bonchev–Trinajstić information content (AvgIpc) is 2.64. The van der Waals surface area contributed by atoms with E-state index in [4.69, 9.17) is 4.74 Å². The van der Waals surface area contributed by atoms with E-state index < -0.39 is 17.4 Å². The third-order valence-electron chi connectivity index (χ3n) is 4.22. The lowest BCUT2D eigenvalue weighted by Crippen LogP contribution is -2.50. The first-order valence-corrected chi connectivity index (χ1v) is 8.79. The standard InChI is InChI=1S/C22H27NO3/c1-22(2,3)21(25)23(16-18-13-9-6-10-14-18)19(20(24)26-4)15-17-11-7-5-8-12-17/h5-14,19H,15-16H2,1-4H3. The van der Waals surface area contributed by atoms with Gasteiger partial charge < -0.3 is 9.64 Å². The SMILES string of the molecule is COC(=O)C(Cc1ccccc1)N(Cc1ccccc1)C(=O)C(C)(C)C. The van der Waals surface area contributed by atoms with Crippen LogP contribution in [0.2, 0.25) is 0 Å². The lowest BCUT2D eigenvalue weighted by atomic mass is 9.92. The Balaban J connectivity index is 2.39. The van der Waals surface area contributed by atoms with Gasteiger partial charge in [-0.3, -0.25) is 4.79 Å². The molecule has 4 heteroatoms. The van der Waals surface area contributed by atoms with Gasteiger partial charge in [0.05, 0.1) is 7.11 Å². The maximum atomic E-state index is 13.1. The smallest absolute Gasteiger partial charge is 0.328 e. The lowest BCUT2D eigenvalue weighted by Gasteiger charge is -2.35. The van der Waals surface area contributed by atoms with Gasteiger partial charge in [-0.25, -0.2) is 4.79 Å². The molecule has 2 aromatic rings. The number of rotatable bonds is 6. The Kier molecular flexibility index (Phi) is 6.56. The number of carbonyl (C=O) groups excluding carboxylic acids is 2. The Bertz CT molecular complexity index is 720. The second-order valence-electron chi connectivity index (χ2n) is 7.40. The minimum atomic E-state index is -0.672. The fraction of sp³-hybridized carbons (Fsp3) is 0.364. The molecule has 1 amide bonds. The Hall–Kier alpha value is -2.62. The zero-order valence-corrected chi connectivity index (χ0v) is 15.9. The van der Waals surface area contributed by atoms with E-state index in [0.29, 0.717) is 13.0 Å². The average molecular weight is 353 g/mol. The van der Waals surface area contributed by atoms with Crippen molar-refractivity contribution in [1.29, 1.82) is 0 Å². The molecule has 0 heterocycles. The first kappa shape index (κ1) is 19.7. The minimum Gasteiger partial charge on any atom is -0.467 e. The number of benzene rings is 2. The Morgan fingerprint density at radius 2 is 1.42 bits per heavy atom. The topological polar surface area (TPSA) is 46.6 Å². The summed E-state index contributed by atoms with van der Waals surface area (Å²) in [7, 11) is 1.36. The molecule has 0 radical (unpaired) electrons. The van der Waals surface area contributed by atoms with Gasteiger partial charge in [-0.1, -0.05) is 81.4 Å². The Morgan fingerprint density at radius 3 is 1.88 bits per heavy atom. The van der Waals surface area contributed by atoms with Crippen molar-refractivity contribution < 1.29 is 14.3 Å². The van der Waals surface area contributed by atoms with Gasteiger partial charge in [-0.05, 0) is 11.1 Å². The van der Waals surface area contributed by atoms with Crippen molar-refractivity contribution in [2.24, 2.45) is 5.41 Å². The van der Waals surface area contributed by atoms with Crippen molar-refractivity contribution in [2.75, 3.05) is 7.11 Å². The van der Waals surface area contributed by atoms with E-state index in [2.05, 4.69) is 0 Å². The van der Waals surface area contributed by atoms with Crippen molar-refractivity contribution in [1.82, 2.24) is 4.90 Å². The molecule has 2 aromatic carbocycles. The van der Waals surface area contributed by atoms with Gasteiger partial charge in [0.25, 0.3) is 0 Å². The molecular formula is C22H27NO3. The lowest BCUT2D eigenvalue weighted by molar-refractivity contribution is -0.156. The fourth-order valence-electron chi connectivity index (χ4n) is 2.83. The molecule has 26 heavy (non-hydrogen) atoms. The summed E-state index contributed by atoms with van der Waals surface area (Å²) in [5.41, 5.74) is 1.37. The number of carbonyl (C=O) groups is 2. The van der Waals surface area contributed by atoms with E-state index in [9.17, 15) is 9.59 Å². The number of esters is 1. The van der Waals surface area contributed by atoms with E-state index in [1.54, 1.807) is 4.90 Å². The summed E-state index contributed by atoms with van der Waals surface area (Å²) in [4.78, 5) is 27.3. The van der Waals surface area contributed by atoms with E-state index in [1.807, 2.05) is 81.4 Å². The van der Waals surface area contributed by atoms with Crippen molar-refractivity contribution in [3.63, 3.8) is 0 Å². The zero-order chi connectivity index (χ0) is 19.2. The first-order valence-electron chi connectivity index (χ1n) is 8.79. The number of methoxy groups -OCH3 is 1. The van der Waals surface area contributed by atoms with Crippen LogP contribution in [0.1, 0.15) is 31.9 Å². The van der Waals surface area contributed by atoms with Crippen LogP contribution in [-0.4, -0.2) is 29.9 Å². The molecule has 0 aliphatic carbocycles. The van der Waals surface area contributed by atoms with Crippen LogP contribution in [0.15, 0.2) is 60.7 Å². The monoisotopic (exact) mass is 353 g/mol. The molecule has 1 unspecified atom stereocenters. The molecule has 0 N–H and O–H groups in total. The van der Waals surface area contributed by atoms with Crippen LogP contribution >= 0.6 is 0 Å². The predicted octanol–water partition coefficient (Wildman–Crippen LogP) is 3.85. The molecule has 0 aliphatic rings. The highest BCUT2D eigenvalue weighted by atomic mass is 16.5. The summed E-state index contributed by atoms with van der Waals surface area (Å²) >= 11 is 0. The third kappa shape index (κ3) is 5.19. The highest BCUT2D eigenvalue weighted by molar-refractivity contribution is 5.87. The molecule has 0 aliphatic heterocycles. The van der Waals surface area contributed by atoms with E-state index in [1.165, 1.54) is 7.11 Å². The molecule has 0 bridgehead atoms. The summed E-state index contributed by atoms with van der Waals surface area (Å²) in [5.74, 6) is -0.477. The Morgan fingerprint density at radius 1 is 0.923 bits per heavy atom. The van der Waals surface area contributed by atoms with Crippen LogP contribution in [-0.2, 0) is 27.3 Å². The number of ether oxygens (including phenoxy) is 1. The molecule has 0 saturated heterocycles. The summed E-state index contributed by atoms with van der Waals surface area (Å²) in [6.45, 7) is 5.96. The molecule has 4 nitrogen and oxygen atoms in total. The van der Waals surface area contributed by atoms with Crippen LogP contribution < -0.4 is 0 Å². The van der Waals surface area contributed by atoms with Gasteiger partial charge in [-0.15, -0.1) is 0 Å². The van der Waals surface area contributed by atoms with Crippen LogP contribution in [0, 0.1) is 5.41 Å². The minimum absolute atomic E-state index is 0.0762. The summed E-state index contributed by atoms with van der Waals surface area (Å²) in [5, 5.41) is 0. The van der Waals surface area contributed by atoms with Crippen molar-refractivity contribution in [3.05, 3.63) is 71.8 Å². The summed E-state index contributed by atoms with van der Waals surface area (Å²) in [6, 6.07) is 18.7. The quantitative estimate of drug-likeness (QED) is 0.741. The van der Waals surface area contributed by atoms with Crippen LogP contribution in [0.25, 0.3) is 0 Å². The van der Waals surface area contributed by atoms with E-state index in [-0.39, 0.29) is 5.91 Å². The van der Waals surface area contributed by atoms with Gasteiger partial charge in [0.2, 0.25) is 5.91 Å². The van der Waals surface area contributed by atoms with Gasteiger partial charge in [0.1, 0.15) is 6.04 Å². The van der Waals surface area contributed by atoms with Crippen molar-refractivity contribution in [3.8, 4) is 0 Å². The number of amides is 1. The second-order valence-corrected chi connectivity index (χ2v) is 7.40. The molecule has 2 rings (SSSR count). The number of hydrogen-bond acceptors (Lipinski definition) is 3. The van der Waals surface area contributed by atoms with Gasteiger partial charge in [-0.2, -0.15) is 0 Å². The molecule has 0 spiro atoms. The van der Waals surface area contributed by atoms with Gasteiger partial charge in [0, 0.05) is 18.4 Å². The highest BCUT2D eigenvalue weighted by Gasteiger charge is 2.36. The first-order chi connectivity index (χ1) is 12.3. The summed E-state index contributed by atoms with van der Waals surface area (Å²) in [6.07, 6.45) is 0.419. The fourth-order valence-corrected chi connectivity index (χ4v) is 2.83. The van der Waals surface area contributed by atoms with Crippen molar-refractivity contribution >= 4 is 11.9 Å². The molecule has 0 saturated carbocycles. The normalized spacial score (nSPS) is 12.3. The number of nitrogens with zero attached hydrogens (tertiary/aromatic N) is 1. The highest BCUT2D eigenvalue weighted by Crippen LogP contribution is 2.23. The molecule has 0 aromatic heterocycles. The van der Waals surface area contributed by atoms with Crippen LogP contribution in [0.3, 0.4) is 0 Å². The largest absolute Gasteiger partial charge is 0.467 e. The third-order valence-corrected chi connectivity index (χ3v) is 4.22. The Labute approximate surface area is 155 Å². The van der Waals surface area contributed by atoms with E-state index >= 15 is 0 Å². The molecule has 138 valence electrons. The van der Waals surface area contributed by atoms with Crippen LogP contribution in [0.5, 0.6) is 0 Å².